The van der Waals surface area contributed by atoms with Gasteiger partial charge < -0.3 is 15.4 Å². The molecular weight excluding hydrogens is 280 g/mol. The van der Waals surface area contributed by atoms with Gasteiger partial charge in [-0.3, -0.25) is 4.79 Å². The third-order valence-electron chi connectivity index (χ3n) is 3.37. The molecule has 0 spiro atoms. The Kier molecular flexibility index (Phi) is 4.09. The number of carbonyl (C=O) groups is 1. The van der Waals surface area contributed by atoms with E-state index in [9.17, 15) is 4.79 Å². The minimum atomic E-state index is -0.0391. The summed E-state index contributed by atoms with van der Waals surface area (Å²) < 4.78 is 5.62. The largest absolute Gasteiger partial charge is 0.494 e. The third-order valence-corrected chi connectivity index (χ3v) is 3.37. The maximum atomic E-state index is 12.1. The molecule has 0 radical (unpaired) electrons. The minimum Gasteiger partial charge on any atom is -0.494 e. The molecule has 22 heavy (non-hydrogen) atoms. The number of amides is 1. The Morgan fingerprint density at radius 1 is 1.23 bits per heavy atom. The molecule has 2 aliphatic rings. The number of ether oxygens (including phenoxy) is 1. The maximum Gasteiger partial charge on any atom is 0.262 e. The van der Waals surface area contributed by atoms with Gasteiger partial charge in [-0.1, -0.05) is 18.2 Å². The van der Waals surface area contributed by atoms with E-state index < -0.39 is 0 Å². The Hall–Kier alpha value is -2.76. The summed E-state index contributed by atoms with van der Waals surface area (Å²) in [4.78, 5) is 13.8. The molecule has 2 heterocycles. The van der Waals surface area contributed by atoms with Gasteiger partial charge in [-0.2, -0.15) is 5.10 Å². The number of fused-ring (bicyclic) bond motifs is 1. The summed E-state index contributed by atoms with van der Waals surface area (Å²) in [7, 11) is 0. The molecule has 0 aliphatic carbocycles. The molecule has 1 aromatic rings. The summed E-state index contributed by atoms with van der Waals surface area (Å²) >= 11 is 0. The minimum absolute atomic E-state index is 0.0391. The Labute approximate surface area is 129 Å². The lowest BCUT2D eigenvalue weighted by Gasteiger charge is -2.31. The number of rotatable bonds is 5. The summed E-state index contributed by atoms with van der Waals surface area (Å²) in [6.07, 6.45) is 6.04. The van der Waals surface area contributed by atoms with Crippen LogP contribution in [-0.2, 0) is 4.79 Å². The molecule has 0 unspecified atom stereocenters. The second kappa shape index (κ2) is 6.34. The number of benzene rings is 1. The predicted molar refractivity (Wildman–Crippen MR) is 83.8 cm³/mol. The van der Waals surface area contributed by atoms with Gasteiger partial charge in [0, 0.05) is 24.9 Å². The van der Waals surface area contributed by atoms with Crippen LogP contribution in [0.15, 0.2) is 59.5 Å². The second-order valence-electron chi connectivity index (χ2n) is 5.08. The van der Waals surface area contributed by atoms with Crippen LogP contribution in [-0.4, -0.2) is 41.3 Å². The first kappa shape index (κ1) is 14.2. The maximum absolute atomic E-state index is 12.1. The summed E-state index contributed by atoms with van der Waals surface area (Å²) in [6, 6.07) is 9.62. The number of amidine groups is 1. The quantitative estimate of drug-likeness (QED) is 0.831. The molecule has 1 amide bonds. The molecule has 0 fully saturated rings. The summed E-state index contributed by atoms with van der Waals surface area (Å²) in [6.45, 7) is 1.35. The van der Waals surface area contributed by atoms with Crippen LogP contribution in [0.1, 0.15) is 6.42 Å². The van der Waals surface area contributed by atoms with Crippen molar-refractivity contribution in [1.82, 2.24) is 9.91 Å². The lowest BCUT2D eigenvalue weighted by Crippen LogP contribution is -2.45. The molecule has 3 rings (SSSR count). The van der Waals surface area contributed by atoms with Crippen LogP contribution < -0.4 is 10.5 Å². The lowest BCUT2D eigenvalue weighted by molar-refractivity contribution is -0.132. The predicted octanol–water partition coefficient (Wildman–Crippen LogP) is 1.28. The van der Waals surface area contributed by atoms with Gasteiger partial charge in [-0.05, 0) is 24.3 Å². The Bertz CT molecular complexity index is 637. The molecule has 6 nitrogen and oxygen atoms in total. The van der Waals surface area contributed by atoms with Gasteiger partial charge in [0.15, 0.2) is 5.84 Å². The zero-order valence-corrected chi connectivity index (χ0v) is 12.2. The van der Waals surface area contributed by atoms with Crippen molar-refractivity contribution in [2.45, 2.75) is 6.42 Å². The van der Waals surface area contributed by atoms with E-state index in [1.165, 1.54) is 5.01 Å². The Balaban J connectivity index is 1.52. The Morgan fingerprint density at radius 2 is 2.05 bits per heavy atom. The number of nitrogens with zero attached hydrogens (tertiary/aromatic N) is 3. The lowest BCUT2D eigenvalue weighted by atomic mass is 10.2. The highest BCUT2D eigenvalue weighted by Crippen LogP contribution is 2.14. The monoisotopic (exact) mass is 298 g/mol. The van der Waals surface area contributed by atoms with Crippen LogP contribution in [0.2, 0.25) is 0 Å². The summed E-state index contributed by atoms with van der Waals surface area (Å²) in [5.41, 5.74) is 6.33. The van der Waals surface area contributed by atoms with Gasteiger partial charge in [0.1, 0.15) is 12.3 Å². The van der Waals surface area contributed by atoms with Crippen LogP contribution in [0.4, 0.5) is 0 Å². The van der Waals surface area contributed by atoms with Gasteiger partial charge in [-0.25, -0.2) is 5.01 Å². The number of hydrazone groups is 1. The first-order chi connectivity index (χ1) is 10.7. The van der Waals surface area contributed by atoms with Crippen LogP contribution in [0.5, 0.6) is 5.75 Å². The van der Waals surface area contributed by atoms with Crippen LogP contribution in [0.25, 0.3) is 0 Å². The molecule has 0 saturated carbocycles. The van der Waals surface area contributed by atoms with Crippen molar-refractivity contribution < 1.29 is 9.53 Å². The van der Waals surface area contributed by atoms with E-state index in [1.54, 1.807) is 17.2 Å². The van der Waals surface area contributed by atoms with Crippen LogP contribution in [0.3, 0.4) is 0 Å². The van der Waals surface area contributed by atoms with Crippen molar-refractivity contribution >= 4 is 11.7 Å². The smallest absolute Gasteiger partial charge is 0.262 e. The normalized spacial score (nSPS) is 17.0. The molecular formula is C16H18N4O2. The van der Waals surface area contributed by atoms with Gasteiger partial charge in [0.05, 0.1) is 6.61 Å². The zero-order valence-electron chi connectivity index (χ0n) is 12.2. The molecule has 114 valence electrons. The van der Waals surface area contributed by atoms with Crippen molar-refractivity contribution in [1.29, 1.82) is 0 Å². The molecule has 0 aromatic heterocycles. The topological polar surface area (TPSA) is 71.2 Å². The van der Waals surface area contributed by atoms with E-state index >= 15 is 0 Å². The van der Waals surface area contributed by atoms with Gasteiger partial charge in [0.25, 0.3) is 5.91 Å². The van der Waals surface area contributed by atoms with E-state index in [4.69, 9.17) is 10.5 Å². The molecule has 2 N–H and O–H groups in total. The Morgan fingerprint density at radius 3 is 2.86 bits per heavy atom. The highest BCUT2D eigenvalue weighted by molar-refractivity contribution is 6.00. The van der Waals surface area contributed by atoms with Crippen molar-refractivity contribution in [2.75, 3.05) is 19.7 Å². The number of allylic oxidation sites excluding steroid dienone is 1. The van der Waals surface area contributed by atoms with E-state index in [0.717, 1.165) is 18.0 Å². The van der Waals surface area contributed by atoms with Crippen molar-refractivity contribution in [3.63, 3.8) is 0 Å². The molecule has 0 bridgehead atoms. The third kappa shape index (κ3) is 3.28. The fourth-order valence-corrected chi connectivity index (χ4v) is 2.28. The van der Waals surface area contributed by atoms with Gasteiger partial charge in [-0.15, -0.1) is 0 Å². The highest BCUT2D eigenvalue weighted by Gasteiger charge is 2.25. The summed E-state index contributed by atoms with van der Waals surface area (Å²) in [5.74, 6) is 1.53. The molecule has 1 aromatic carbocycles. The second-order valence-corrected chi connectivity index (χ2v) is 5.08. The van der Waals surface area contributed by atoms with Crippen LogP contribution in [0, 0.1) is 0 Å². The number of nitrogens with two attached hydrogens (primary N) is 1. The van der Waals surface area contributed by atoms with E-state index in [-0.39, 0.29) is 12.5 Å². The fraction of sp³-hybridized carbons (Fsp3) is 0.250. The molecule has 6 heteroatoms. The number of hydrogen-bond donors (Lipinski definition) is 1. The molecule has 0 atom stereocenters. The van der Waals surface area contributed by atoms with Crippen molar-refractivity contribution in [3.8, 4) is 5.75 Å². The first-order valence-corrected chi connectivity index (χ1v) is 7.21. The van der Waals surface area contributed by atoms with Crippen molar-refractivity contribution in [2.24, 2.45) is 10.8 Å². The summed E-state index contributed by atoms with van der Waals surface area (Å²) in [5, 5.41) is 5.85. The standard InChI is InChI=1S/C16H18N4O2/c17-13-7-8-15-18-20(16(21)12-19(15)11-13)9-4-10-22-14-5-2-1-3-6-14/h1-3,5-8,11H,4,9-10,12,17H2. The number of hydrogen-bond acceptors (Lipinski definition) is 5. The average molecular weight is 298 g/mol. The fourth-order valence-electron chi connectivity index (χ4n) is 2.28. The van der Waals surface area contributed by atoms with Crippen molar-refractivity contribution in [3.05, 3.63) is 54.4 Å². The zero-order chi connectivity index (χ0) is 15.4. The van der Waals surface area contributed by atoms with E-state index in [0.29, 0.717) is 18.8 Å². The highest BCUT2D eigenvalue weighted by atomic mass is 16.5. The van der Waals surface area contributed by atoms with Gasteiger partial charge in [0.2, 0.25) is 0 Å². The number of para-hydroxylation sites is 1. The number of carbonyl (C=O) groups excluding carboxylic acids is 1. The molecule has 2 aliphatic heterocycles. The van der Waals surface area contributed by atoms with Crippen LogP contribution >= 0.6 is 0 Å². The SMILES string of the molecule is NC1=CN2CC(=O)N(CCCOc3ccccc3)N=C2C=C1. The average Bonchev–Trinajstić information content (AvgIpc) is 2.53. The van der Waals surface area contributed by atoms with E-state index in [2.05, 4.69) is 5.10 Å². The molecule has 0 saturated heterocycles. The first-order valence-electron chi connectivity index (χ1n) is 7.21. The van der Waals surface area contributed by atoms with E-state index in [1.807, 2.05) is 36.4 Å². The van der Waals surface area contributed by atoms with Gasteiger partial charge >= 0.3 is 0 Å².